The third-order valence-electron chi connectivity index (χ3n) is 2.14. The van der Waals surface area contributed by atoms with E-state index in [1.165, 1.54) is 6.07 Å². The zero-order chi connectivity index (χ0) is 12.1. The lowest BCUT2D eigenvalue weighted by atomic mass is 10.2. The first kappa shape index (κ1) is 12.8. The minimum absolute atomic E-state index is 0.0322. The van der Waals surface area contributed by atoms with Crippen molar-refractivity contribution >= 4 is 27.5 Å². The standard InChI is InChI=1S/C10H13BrFN3O/c1-2-8(10(13)15-16)14-9-4-3-6(11)5-7(9)12/h3-5,8,14,16H,2H2,1H3,(H2,13,15). The maximum atomic E-state index is 13.5. The van der Waals surface area contributed by atoms with E-state index in [0.29, 0.717) is 16.6 Å². The Labute approximate surface area is 101 Å². The number of oxime groups is 1. The summed E-state index contributed by atoms with van der Waals surface area (Å²) < 4.78 is 14.1. The fourth-order valence-electron chi connectivity index (χ4n) is 1.25. The van der Waals surface area contributed by atoms with Gasteiger partial charge in [0.25, 0.3) is 0 Å². The number of nitrogens with one attached hydrogen (secondary N) is 1. The summed E-state index contributed by atoms with van der Waals surface area (Å²) in [4.78, 5) is 0. The van der Waals surface area contributed by atoms with Gasteiger partial charge in [-0.2, -0.15) is 0 Å². The summed E-state index contributed by atoms with van der Waals surface area (Å²) in [6.45, 7) is 1.85. The van der Waals surface area contributed by atoms with Crippen molar-refractivity contribution in [1.29, 1.82) is 0 Å². The van der Waals surface area contributed by atoms with E-state index in [-0.39, 0.29) is 11.9 Å². The highest BCUT2D eigenvalue weighted by atomic mass is 79.9. The normalized spacial score (nSPS) is 13.6. The molecule has 1 atom stereocenters. The molecule has 0 saturated heterocycles. The molecule has 0 heterocycles. The van der Waals surface area contributed by atoms with Crippen LogP contribution in [0.25, 0.3) is 0 Å². The highest BCUT2D eigenvalue weighted by molar-refractivity contribution is 9.10. The van der Waals surface area contributed by atoms with Crippen LogP contribution in [0.5, 0.6) is 0 Å². The quantitative estimate of drug-likeness (QED) is 0.345. The number of amidine groups is 1. The van der Waals surface area contributed by atoms with Crippen LogP contribution in [-0.4, -0.2) is 17.1 Å². The van der Waals surface area contributed by atoms with E-state index in [1.807, 2.05) is 6.92 Å². The van der Waals surface area contributed by atoms with Crippen LogP contribution >= 0.6 is 15.9 Å². The Morgan fingerprint density at radius 3 is 2.88 bits per heavy atom. The van der Waals surface area contributed by atoms with Gasteiger partial charge < -0.3 is 16.3 Å². The molecule has 0 spiro atoms. The summed E-state index contributed by atoms with van der Waals surface area (Å²) in [7, 11) is 0. The molecule has 1 aromatic rings. The van der Waals surface area contributed by atoms with Gasteiger partial charge in [0, 0.05) is 4.47 Å². The van der Waals surface area contributed by atoms with Gasteiger partial charge in [-0.15, -0.1) is 0 Å². The molecule has 0 fully saturated rings. The summed E-state index contributed by atoms with van der Waals surface area (Å²) in [6, 6.07) is 4.26. The molecule has 6 heteroatoms. The minimum Gasteiger partial charge on any atom is -0.409 e. The van der Waals surface area contributed by atoms with Crippen molar-refractivity contribution in [3.63, 3.8) is 0 Å². The lowest BCUT2D eigenvalue weighted by Gasteiger charge is -2.17. The number of hydrogen-bond donors (Lipinski definition) is 3. The fourth-order valence-corrected chi connectivity index (χ4v) is 1.58. The average molecular weight is 290 g/mol. The van der Waals surface area contributed by atoms with Crippen molar-refractivity contribution in [2.75, 3.05) is 5.32 Å². The van der Waals surface area contributed by atoms with Crippen LogP contribution in [0.4, 0.5) is 10.1 Å². The summed E-state index contributed by atoms with van der Waals surface area (Å²) in [5, 5.41) is 14.3. The second-order valence-electron chi connectivity index (χ2n) is 3.25. The molecule has 16 heavy (non-hydrogen) atoms. The Kier molecular flexibility index (Phi) is 4.54. The first-order chi connectivity index (χ1) is 7.58. The molecule has 4 nitrogen and oxygen atoms in total. The van der Waals surface area contributed by atoms with Crippen LogP contribution in [0.1, 0.15) is 13.3 Å². The third kappa shape index (κ3) is 3.10. The van der Waals surface area contributed by atoms with Crippen LogP contribution in [0.15, 0.2) is 27.8 Å². The number of benzene rings is 1. The van der Waals surface area contributed by atoms with E-state index in [9.17, 15) is 4.39 Å². The van der Waals surface area contributed by atoms with E-state index in [2.05, 4.69) is 26.4 Å². The topological polar surface area (TPSA) is 70.6 Å². The number of rotatable bonds is 4. The summed E-state index contributed by atoms with van der Waals surface area (Å²) in [5.74, 6) is -0.358. The molecule has 1 unspecified atom stereocenters. The number of anilines is 1. The first-order valence-corrected chi connectivity index (χ1v) is 5.56. The Hall–Kier alpha value is -1.30. The molecule has 0 aliphatic heterocycles. The second-order valence-corrected chi connectivity index (χ2v) is 4.17. The number of halogens is 2. The zero-order valence-corrected chi connectivity index (χ0v) is 10.3. The van der Waals surface area contributed by atoms with E-state index in [0.717, 1.165) is 0 Å². The molecular weight excluding hydrogens is 277 g/mol. The van der Waals surface area contributed by atoms with Gasteiger partial charge in [0.05, 0.1) is 11.7 Å². The molecule has 0 saturated carbocycles. The molecular formula is C10H13BrFN3O. The molecule has 4 N–H and O–H groups in total. The Bertz CT molecular complexity index is 398. The SMILES string of the molecule is CCC(Nc1ccc(Br)cc1F)C(N)=NO. The zero-order valence-electron chi connectivity index (χ0n) is 8.74. The van der Waals surface area contributed by atoms with E-state index < -0.39 is 5.82 Å². The second kappa shape index (κ2) is 5.69. The molecule has 0 bridgehead atoms. The maximum Gasteiger partial charge on any atom is 0.161 e. The molecule has 1 rings (SSSR count). The molecule has 0 aromatic heterocycles. The number of nitrogens with zero attached hydrogens (tertiary/aromatic N) is 1. The highest BCUT2D eigenvalue weighted by Gasteiger charge is 2.13. The van der Waals surface area contributed by atoms with Crippen molar-refractivity contribution in [3.8, 4) is 0 Å². The molecule has 88 valence electrons. The number of nitrogens with two attached hydrogens (primary N) is 1. The molecule has 0 radical (unpaired) electrons. The maximum absolute atomic E-state index is 13.5. The van der Waals surface area contributed by atoms with E-state index in [4.69, 9.17) is 10.9 Å². The smallest absolute Gasteiger partial charge is 0.161 e. The average Bonchev–Trinajstić information content (AvgIpc) is 2.27. The predicted octanol–water partition coefficient (Wildman–Crippen LogP) is 2.53. The van der Waals surface area contributed by atoms with Gasteiger partial charge in [0.15, 0.2) is 5.84 Å². The van der Waals surface area contributed by atoms with Crippen LogP contribution in [0.2, 0.25) is 0 Å². The van der Waals surface area contributed by atoms with Crippen LogP contribution in [0, 0.1) is 5.82 Å². The third-order valence-corrected chi connectivity index (χ3v) is 2.63. The van der Waals surface area contributed by atoms with Crippen molar-refractivity contribution in [1.82, 2.24) is 0 Å². The van der Waals surface area contributed by atoms with E-state index in [1.54, 1.807) is 12.1 Å². The molecule has 0 amide bonds. The fraction of sp³-hybridized carbons (Fsp3) is 0.300. The van der Waals surface area contributed by atoms with Gasteiger partial charge in [0.2, 0.25) is 0 Å². The van der Waals surface area contributed by atoms with Crippen molar-refractivity contribution in [3.05, 3.63) is 28.5 Å². The molecule has 1 aromatic carbocycles. The van der Waals surface area contributed by atoms with Gasteiger partial charge in [-0.3, -0.25) is 0 Å². The van der Waals surface area contributed by atoms with Crippen molar-refractivity contribution in [2.24, 2.45) is 10.9 Å². The summed E-state index contributed by atoms with van der Waals surface area (Å²) >= 11 is 3.17. The minimum atomic E-state index is -0.390. The summed E-state index contributed by atoms with van der Waals surface area (Å²) in [5.41, 5.74) is 5.78. The Morgan fingerprint density at radius 2 is 2.38 bits per heavy atom. The largest absolute Gasteiger partial charge is 0.409 e. The van der Waals surface area contributed by atoms with Crippen molar-refractivity contribution < 1.29 is 9.60 Å². The van der Waals surface area contributed by atoms with Gasteiger partial charge >= 0.3 is 0 Å². The molecule has 0 aliphatic carbocycles. The van der Waals surface area contributed by atoms with Crippen LogP contribution < -0.4 is 11.1 Å². The summed E-state index contributed by atoms with van der Waals surface area (Å²) in [6.07, 6.45) is 0.589. The predicted molar refractivity (Wildman–Crippen MR) is 65.2 cm³/mol. The Balaban J connectivity index is 2.86. The van der Waals surface area contributed by atoms with Gasteiger partial charge in [-0.05, 0) is 24.6 Å². The lowest BCUT2D eigenvalue weighted by Crippen LogP contribution is -2.35. The Morgan fingerprint density at radius 1 is 1.69 bits per heavy atom. The lowest BCUT2D eigenvalue weighted by molar-refractivity contribution is 0.316. The molecule has 0 aliphatic rings. The van der Waals surface area contributed by atoms with E-state index >= 15 is 0 Å². The van der Waals surface area contributed by atoms with Crippen LogP contribution in [0.3, 0.4) is 0 Å². The van der Waals surface area contributed by atoms with Gasteiger partial charge in [-0.1, -0.05) is 28.0 Å². The van der Waals surface area contributed by atoms with Crippen LogP contribution in [-0.2, 0) is 0 Å². The van der Waals surface area contributed by atoms with Gasteiger partial charge in [-0.25, -0.2) is 4.39 Å². The highest BCUT2D eigenvalue weighted by Crippen LogP contribution is 2.20. The number of hydrogen-bond acceptors (Lipinski definition) is 3. The monoisotopic (exact) mass is 289 g/mol. The first-order valence-electron chi connectivity index (χ1n) is 4.77. The van der Waals surface area contributed by atoms with Crippen molar-refractivity contribution in [2.45, 2.75) is 19.4 Å². The van der Waals surface area contributed by atoms with Gasteiger partial charge in [0.1, 0.15) is 5.82 Å².